The van der Waals surface area contributed by atoms with E-state index in [-0.39, 0.29) is 11.9 Å². The first-order chi connectivity index (χ1) is 16.5. The number of hydrogen-bond acceptors (Lipinski definition) is 4. The molecule has 0 fully saturated rings. The third kappa shape index (κ3) is 4.17. The van der Waals surface area contributed by atoms with Gasteiger partial charge in [0.2, 0.25) is 0 Å². The molecule has 3 heterocycles. The minimum Gasteiger partial charge on any atom is -0.336 e. The van der Waals surface area contributed by atoms with E-state index in [2.05, 4.69) is 36.9 Å². The molecule has 0 saturated carbocycles. The highest BCUT2D eigenvalue weighted by Gasteiger charge is 2.28. The van der Waals surface area contributed by atoms with Crippen LogP contribution in [0.25, 0.3) is 22.8 Å². The molecule has 34 heavy (non-hydrogen) atoms. The van der Waals surface area contributed by atoms with Gasteiger partial charge < -0.3 is 10.6 Å². The Kier molecular flexibility index (Phi) is 5.85. The van der Waals surface area contributed by atoms with Crippen LogP contribution in [0.2, 0.25) is 0 Å². The van der Waals surface area contributed by atoms with Gasteiger partial charge in [0.1, 0.15) is 0 Å². The number of halogens is 1. The van der Waals surface area contributed by atoms with E-state index in [1.807, 2.05) is 61.5 Å². The Bertz CT molecular complexity index is 1400. The lowest BCUT2D eigenvalue weighted by Crippen LogP contribution is -2.32. The predicted molar refractivity (Wildman–Crippen MR) is 134 cm³/mol. The molecule has 2 amide bonds. The highest BCUT2D eigenvalue weighted by Crippen LogP contribution is 2.40. The Labute approximate surface area is 204 Å². The quantitative estimate of drug-likeness (QED) is 0.380. The molecule has 0 unspecified atom stereocenters. The molecule has 0 aliphatic carbocycles. The van der Waals surface area contributed by atoms with Gasteiger partial charge in [-0.1, -0.05) is 45.4 Å². The van der Waals surface area contributed by atoms with Crippen LogP contribution in [0.1, 0.15) is 17.0 Å². The van der Waals surface area contributed by atoms with E-state index in [9.17, 15) is 9.59 Å². The van der Waals surface area contributed by atoms with Gasteiger partial charge in [0, 0.05) is 34.2 Å². The number of carbonyl (C=O) groups excluding carboxylic acids is 2. The van der Waals surface area contributed by atoms with Crippen molar-refractivity contribution in [2.24, 2.45) is 0 Å². The fraction of sp³-hybridized carbons (Fsp3) is 0.120. The number of benzene rings is 2. The SMILES string of the molecule is Cc1ccc(C=C2C(=O)Nc3cccc(-c4ccc(Br)cc4)c32)n1C(=O)NCCn1ccnn1. The normalized spacial score (nSPS) is 13.7. The molecule has 4 aromatic rings. The molecule has 170 valence electrons. The van der Waals surface area contributed by atoms with Crippen molar-refractivity contribution in [2.45, 2.75) is 13.5 Å². The summed E-state index contributed by atoms with van der Waals surface area (Å²) < 4.78 is 4.20. The number of aromatic nitrogens is 4. The zero-order chi connectivity index (χ0) is 23.7. The van der Waals surface area contributed by atoms with Crippen LogP contribution in [0, 0.1) is 6.92 Å². The van der Waals surface area contributed by atoms with E-state index >= 15 is 0 Å². The van der Waals surface area contributed by atoms with Gasteiger partial charge in [-0.15, -0.1) is 5.10 Å². The van der Waals surface area contributed by atoms with Crippen molar-refractivity contribution in [1.29, 1.82) is 0 Å². The van der Waals surface area contributed by atoms with Gasteiger partial charge in [-0.25, -0.2) is 4.79 Å². The van der Waals surface area contributed by atoms with E-state index in [0.29, 0.717) is 24.4 Å². The summed E-state index contributed by atoms with van der Waals surface area (Å²) >= 11 is 3.47. The maximum atomic E-state index is 13.0. The van der Waals surface area contributed by atoms with Gasteiger partial charge in [0.05, 0.1) is 24.0 Å². The Morgan fingerprint density at radius 1 is 1.15 bits per heavy atom. The summed E-state index contributed by atoms with van der Waals surface area (Å²) in [6, 6.07) is 17.2. The van der Waals surface area contributed by atoms with Crippen LogP contribution in [0.15, 0.2) is 71.5 Å². The number of nitrogens with zero attached hydrogens (tertiary/aromatic N) is 4. The lowest BCUT2D eigenvalue weighted by Gasteiger charge is -2.11. The second-order valence-electron chi connectivity index (χ2n) is 7.88. The molecule has 2 aromatic carbocycles. The van der Waals surface area contributed by atoms with Gasteiger partial charge in [0.15, 0.2) is 0 Å². The van der Waals surface area contributed by atoms with Crippen molar-refractivity contribution in [1.82, 2.24) is 24.9 Å². The minimum absolute atomic E-state index is 0.198. The molecular weight excluding hydrogens is 496 g/mol. The first-order valence-electron chi connectivity index (χ1n) is 10.7. The topological polar surface area (TPSA) is 93.8 Å². The van der Waals surface area contributed by atoms with Gasteiger partial charge in [-0.05, 0) is 54.5 Å². The monoisotopic (exact) mass is 516 g/mol. The second kappa shape index (κ2) is 9.11. The number of rotatable bonds is 5. The molecule has 9 heteroatoms. The average molecular weight is 517 g/mol. The minimum atomic E-state index is -0.269. The van der Waals surface area contributed by atoms with Crippen molar-refractivity contribution < 1.29 is 9.59 Å². The van der Waals surface area contributed by atoms with Gasteiger partial charge in [0.25, 0.3) is 5.91 Å². The number of anilines is 1. The number of hydrogen-bond donors (Lipinski definition) is 2. The first kappa shape index (κ1) is 21.8. The summed E-state index contributed by atoms with van der Waals surface area (Å²) in [6.45, 7) is 2.76. The molecular formula is C25H21BrN6O2. The molecule has 5 rings (SSSR count). The van der Waals surface area contributed by atoms with Gasteiger partial charge in [-0.3, -0.25) is 14.0 Å². The maximum Gasteiger partial charge on any atom is 0.326 e. The van der Waals surface area contributed by atoms with Crippen molar-refractivity contribution in [3.63, 3.8) is 0 Å². The van der Waals surface area contributed by atoms with E-state index < -0.39 is 0 Å². The van der Waals surface area contributed by atoms with Crippen LogP contribution >= 0.6 is 15.9 Å². The van der Waals surface area contributed by atoms with Crippen LogP contribution in [0.4, 0.5) is 10.5 Å². The highest BCUT2D eigenvalue weighted by molar-refractivity contribution is 9.10. The fourth-order valence-electron chi connectivity index (χ4n) is 4.06. The lowest BCUT2D eigenvalue weighted by atomic mass is 9.94. The molecule has 0 saturated heterocycles. The van der Waals surface area contributed by atoms with E-state index in [4.69, 9.17) is 0 Å². The molecule has 1 aliphatic rings. The molecule has 2 aromatic heterocycles. The second-order valence-corrected chi connectivity index (χ2v) is 8.80. The number of carbonyl (C=O) groups is 2. The van der Waals surface area contributed by atoms with Crippen molar-refractivity contribution >= 4 is 45.2 Å². The molecule has 1 aliphatic heterocycles. The molecule has 0 radical (unpaired) electrons. The van der Waals surface area contributed by atoms with Crippen LogP contribution in [-0.4, -0.2) is 38.0 Å². The van der Waals surface area contributed by atoms with E-state index in [1.54, 1.807) is 27.7 Å². The third-order valence-electron chi connectivity index (χ3n) is 5.67. The number of nitrogens with one attached hydrogen (secondary N) is 2. The highest BCUT2D eigenvalue weighted by atomic mass is 79.9. The van der Waals surface area contributed by atoms with Gasteiger partial charge >= 0.3 is 6.03 Å². The zero-order valence-electron chi connectivity index (χ0n) is 18.3. The Hall–Kier alpha value is -3.98. The van der Waals surface area contributed by atoms with Gasteiger partial charge in [-0.2, -0.15) is 0 Å². The van der Waals surface area contributed by atoms with Crippen molar-refractivity contribution in [3.05, 3.63) is 88.4 Å². The maximum absolute atomic E-state index is 13.0. The lowest BCUT2D eigenvalue weighted by molar-refractivity contribution is -0.110. The number of aryl methyl sites for hydroxylation is 1. The standard InChI is InChI=1S/C25H21BrN6O2/c1-16-5-10-19(32(16)25(34)27-11-13-31-14-12-28-30-31)15-21-23-20(17-6-8-18(26)9-7-17)3-2-4-22(23)29-24(21)33/h2-10,12,14-15H,11,13H2,1H3,(H,27,34)(H,29,33). The zero-order valence-corrected chi connectivity index (χ0v) is 19.9. The summed E-state index contributed by atoms with van der Waals surface area (Å²) in [5.74, 6) is -0.198. The predicted octanol–water partition coefficient (Wildman–Crippen LogP) is 4.57. The number of fused-ring (bicyclic) bond motifs is 1. The van der Waals surface area contributed by atoms with Crippen molar-refractivity contribution in [2.75, 3.05) is 11.9 Å². The molecule has 0 bridgehead atoms. The average Bonchev–Trinajstić information content (AvgIpc) is 3.54. The third-order valence-corrected chi connectivity index (χ3v) is 6.20. The number of amides is 2. The largest absolute Gasteiger partial charge is 0.336 e. The summed E-state index contributed by atoms with van der Waals surface area (Å²) in [5, 5.41) is 13.5. The first-order valence-corrected chi connectivity index (χ1v) is 11.5. The fourth-order valence-corrected chi connectivity index (χ4v) is 4.33. The molecule has 0 spiro atoms. The Balaban J connectivity index is 1.48. The summed E-state index contributed by atoms with van der Waals surface area (Å²) in [7, 11) is 0. The molecule has 0 atom stereocenters. The van der Waals surface area contributed by atoms with Crippen LogP contribution in [0.5, 0.6) is 0 Å². The Morgan fingerprint density at radius 2 is 1.97 bits per heavy atom. The van der Waals surface area contributed by atoms with Crippen LogP contribution in [0.3, 0.4) is 0 Å². The van der Waals surface area contributed by atoms with E-state index in [0.717, 1.165) is 32.5 Å². The van der Waals surface area contributed by atoms with E-state index in [1.165, 1.54) is 0 Å². The smallest absolute Gasteiger partial charge is 0.326 e. The van der Waals surface area contributed by atoms with Crippen LogP contribution < -0.4 is 10.6 Å². The summed E-state index contributed by atoms with van der Waals surface area (Å²) in [6.07, 6.45) is 5.10. The summed E-state index contributed by atoms with van der Waals surface area (Å²) in [4.78, 5) is 25.9. The molecule has 2 N–H and O–H groups in total. The molecule has 8 nitrogen and oxygen atoms in total. The van der Waals surface area contributed by atoms with Crippen molar-refractivity contribution in [3.8, 4) is 11.1 Å². The summed E-state index contributed by atoms with van der Waals surface area (Å²) in [5.41, 5.74) is 5.43. The Morgan fingerprint density at radius 3 is 2.74 bits per heavy atom. The van der Waals surface area contributed by atoms with Crippen LogP contribution in [-0.2, 0) is 11.3 Å².